The van der Waals surface area contributed by atoms with Gasteiger partial charge in [-0.25, -0.2) is 4.39 Å². The lowest BCUT2D eigenvalue weighted by molar-refractivity contribution is -0.149. The van der Waals surface area contributed by atoms with Gasteiger partial charge in [0.15, 0.2) is 0 Å². The molecule has 2 unspecified atom stereocenters. The number of rotatable bonds is 3. The van der Waals surface area contributed by atoms with E-state index in [1.165, 1.54) is 12.1 Å². The second kappa shape index (κ2) is 3.95. The van der Waals surface area contributed by atoms with Gasteiger partial charge in [0.2, 0.25) is 0 Å². The molecule has 2 atom stereocenters. The zero-order chi connectivity index (χ0) is 12.9. The van der Waals surface area contributed by atoms with Crippen molar-refractivity contribution in [2.75, 3.05) is 0 Å². The number of carbonyl (C=O) groups is 1. The van der Waals surface area contributed by atoms with E-state index < -0.39 is 11.4 Å². The Morgan fingerprint density at radius 1 is 1.44 bits per heavy atom. The molecule has 0 saturated heterocycles. The van der Waals surface area contributed by atoms with Crippen LogP contribution in [0.25, 0.3) is 0 Å². The highest BCUT2D eigenvalue weighted by molar-refractivity contribution is 6.30. The molecule has 1 aromatic carbocycles. The van der Waals surface area contributed by atoms with Crippen LogP contribution in [-0.2, 0) is 11.2 Å². The van der Waals surface area contributed by atoms with Gasteiger partial charge in [0.05, 0.1) is 5.41 Å². The first-order valence-corrected chi connectivity index (χ1v) is 6.55. The molecule has 2 saturated carbocycles. The van der Waals surface area contributed by atoms with Crippen molar-refractivity contribution in [3.8, 4) is 0 Å². The van der Waals surface area contributed by atoms with E-state index >= 15 is 0 Å². The molecule has 96 valence electrons. The summed E-state index contributed by atoms with van der Waals surface area (Å²) in [6.07, 6.45) is 2.76. The molecule has 18 heavy (non-hydrogen) atoms. The molecular weight excluding hydrogens is 255 g/mol. The molecule has 2 aliphatic carbocycles. The van der Waals surface area contributed by atoms with Gasteiger partial charge in [0.25, 0.3) is 0 Å². The first-order chi connectivity index (χ1) is 8.50. The number of benzene rings is 1. The zero-order valence-corrected chi connectivity index (χ0v) is 10.6. The van der Waals surface area contributed by atoms with Gasteiger partial charge in [-0.3, -0.25) is 4.79 Å². The van der Waals surface area contributed by atoms with Crippen LogP contribution in [0.5, 0.6) is 0 Å². The summed E-state index contributed by atoms with van der Waals surface area (Å²) in [4.78, 5) is 11.5. The second-order valence-electron chi connectivity index (χ2n) is 5.66. The Morgan fingerprint density at radius 3 is 2.72 bits per heavy atom. The predicted octanol–water partition coefficient (Wildman–Crippen LogP) is 3.52. The van der Waals surface area contributed by atoms with Crippen molar-refractivity contribution < 1.29 is 14.3 Å². The molecule has 0 amide bonds. The van der Waals surface area contributed by atoms with Crippen molar-refractivity contribution >= 4 is 17.6 Å². The molecule has 1 aromatic rings. The third-order valence-electron chi connectivity index (χ3n) is 4.37. The van der Waals surface area contributed by atoms with Crippen LogP contribution in [0.4, 0.5) is 4.39 Å². The summed E-state index contributed by atoms with van der Waals surface area (Å²) in [6.45, 7) is 0. The maximum absolute atomic E-state index is 13.7. The Kier molecular flexibility index (Phi) is 2.63. The van der Waals surface area contributed by atoms with Gasteiger partial charge < -0.3 is 5.11 Å². The predicted molar refractivity (Wildman–Crippen MR) is 66.0 cm³/mol. The Labute approximate surface area is 110 Å². The summed E-state index contributed by atoms with van der Waals surface area (Å²) < 4.78 is 13.7. The van der Waals surface area contributed by atoms with E-state index in [0.717, 1.165) is 6.42 Å². The van der Waals surface area contributed by atoms with Gasteiger partial charge in [-0.05, 0) is 61.3 Å². The lowest BCUT2D eigenvalue weighted by Gasteiger charge is -2.26. The molecule has 0 aromatic heterocycles. The Morgan fingerprint density at radius 2 is 2.11 bits per heavy atom. The van der Waals surface area contributed by atoms with Crippen LogP contribution >= 0.6 is 11.6 Å². The van der Waals surface area contributed by atoms with Crippen LogP contribution in [0.15, 0.2) is 18.2 Å². The summed E-state index contributed by atoms with van der Waals surface area (Å²) in [5, 5.41) is 9.92. The van der Waals surface area contributed by atoms with Crippen molar-refractivity contribution in [3.63, 3.8) is 0 Å². The Bertz CT molecular complexity index is 505. The number of aliphatic carboxylic acids is 1. The van der Waals surface area contributed by atoms with Crippen molar-refractivity contribution in [1.29, 1.82) is 0 Å². The fraction of sp³-hybridized carbons (Fsp3) is 0.500. The molecule has 1 N–H and O–H groups in total. The lowest BCUT2D eigenvalue weighted by atomic mass is 9.77. The van der Waals surface area contributed by atoms with E-state index in [2.05, 4.69) is 0 Å². The molecule has 0 spiro atoms. The lowest BCUT2D eigenvalue weighted by Crippen LogP contribution is -2.32. The molecular formula is C14H14ClFO2. The average Bonchev–Trinajstić information content (AvgIpc) is 2.92. The van der Waals surface area contributed by atoms with E-state index in [4.69, 9.17) is 11.6 Å². The van der Waals surface area contributed by atoms with Crippen LogP contribution in [0.3, 0.4) is 0 Å². The summed E-state index contributed by atoms with van der Waals surface area (Å²) in [5.74, 6) is -0.0682. The molecule has 2 aliphatic rings. The Hall–Kier alpha value is -1.09. The van der Waals surface area contributed by atoms with Gasteiger partial charge in [-0.15, -0.1) is 0 Å². The maximum Gasteiger partial charge on any atom is 0.309 e. The minimum absolute atomic E-state index is 0.252. The highest BCUT2D eigenvalue weighted by Crippen LogP contribution is 2.61. The number of hydrogen-bond acceptors (Lipinski definition) is 1. The monoisotopic (exact) mass is 268 g/mol. The van der Waals surface area contributed by atoms with Gasteiger partial charge in [0.1, 0.15) is 5.82 Å². The molecule has 0 radical (unpaired) electrons. The van der Waals surface area contributed by atoms with E-state index in [1.54, 1.807) is 6.07 Å². The second-order valence-corrected chi connectivity index (χ2v) is 6.10. The first-order valence-electron chi connectivity index (χ1n) is 6.17. The zero-order valence-electron chi connectivity index (χ0n) is 9.83. The molecule has 2 nitrogen and oxygen atoms in total. The number of carboxylic acids is 1. The van der Waals surface area contributed by atoms with E-state index in [0.29, 0.717) is 35.3 Å². The van der Waals surface area contributed by atoms with E-state index in [1.807, 2.05) is 0 Å². The normalized spacial score (nSPS) is 33.2. The van der Waals surface area contributed by atoms with Gasteiger partial charge >= 0.3 is 5.97 Å². The average molecular weight is 269 g/mol. The maximum atomic E-state index is 13.7. The summed E-state index contributed by atoms with van der Waals surface area (Å²) in [6, 6.07) is 4.34. The minimum atomic E-state index is -0.797. The molecule has 0 aliphatic heterocycles. The van der Waals surface area contributed by atoms with E-state index in [-0.39, 0.29) is 12.2 Å². The summed E-state index contributed by atoms with van der Waals surface area (Å²) in [5.41, 5.74) is -0.356. The summed E-state index contributed by atoms with van der Waals surface area (Å²) in [7, 11) is 0. The quantitative estimate of drug-likeness (QED) is 0.911. The highest BCUT2D eigenvalue weighted by Gasteiger charge is 2.57. The largest absolute Gasteiger partial charge is 0.481 e. The van der Waals surface area contributed by atoms with E-state index in [9.17, 15) is 14.3 Å². The van der Waals surface area contributed by atoms with Crippen molar-refractivity contribution in [2.24, 2.45) is 17.3 Å². The molecule has 4 heteroatoms. The standard InChI is InChI=1S/C14H14ClFO2/c15-11-1-2-12(16)10(4-11)7-14(13(17)18)5-8-3-9(8)6-14/h1-2,4,8-9H,3,5-7H2,(H,17,18). The third kappa shape index (κ3) is 1.91. The van der Waals surface area contributed by atoms with Gasteiger partial charge in [-0.2, -0.15) is 0 Å². The first kappa shape index (κ1) is 12.0. The third-order valence-corrected chi connectivity index (χ3v) is 4.60. The number of fused-ring (bicyclic) bond motifs is 1. The molecule has 2 fully saturated rings. The number of hydrogen-bond donors (Lipinski definition) is 1. The van der Waals surface area contributed by atoms with Gasteiger partial charge in [-0.1, -0.05) is 11.6 Å². The topological polar surface area (TPSA) is 37.3 Å². The van der Waals surface area contributed by atoms with Crippen LogP contribution < -0.4 is 0 Å². The van der Waals surface area contributed by atoms with Crippen LogP contribution in [0.1, 0.15) is 24.8 Å². The SMILES string of the molecule is O=C(O)C1(Cc2cc(Cl)ccc2F)CC2CC2C1. The molecule has 0 bridgehead atoms. The number of halogens is 2. The van der Waals surface area contributed by atoms with Crippen LogP contribution in [-0.4, -0.2) is 11.1 Å². The van der Waals surface area contributed by atoms with Crippen molar-refractivity contribution in [3.05, 3.63) is 34.6 Å². The van der Waals surface area contributed by atoms with Crippen molar-refractivity contribution in [2.45, 2.75) is 25.7 Å². The van der Waals surface area contributed by atoms with Crippen LogP contribution in [0.2, 0.25) is 5.02 Å². The fourth-order valence-corrected chi connectivity index (χ4v) is 3.53. The van der Waals surface area contributed by atoms with Gasteiger partial charge in [0, 0.05) is 5.02 Å². The smallest absolute Gasteiger partial charge is 0.309 e. The van der Waals surface area contributed by atoms with Crippen molar-refractivity contribution in [1.82, 2.24) is 0 Å². The Balaban J connectivity index is 1.89. The molecule has 3 rings (SSSR count). The fourth-order valence-electron chi connectivity index (χ4n) is 3.34. The number of carboxylic acid groups (broad SMARTS) is 1. The highest BCUT2D eigenvalue weighted by atomic mass is 35.5. The minimum Gasteiger partial charge on any atom is -0.481 e. The summed E-state index contributed by atoms with van der Waals surface area (Å²) >= 11 is 5.85. The molecule has 0 heterocycles. The van der Waals surface area contributed by atoms with Crippen LogP contribution in [0, 0.1) is 23.1 Å².